The van der Waals surface area contributed by atoms with Gasteiger partial charge in [0.25, 0.3) is 0 Å². The van der Waals surface area contributed by atoms with E-state index in [1.54, 1.807) is 0 Å². The third-order valence-corrected chi connectivity index (χ3v) is 4.40. The maximum Gasteiger partial charge on any atom is 0.153 e. The van der Waals surface area contributed by atoms with Crippen molar-refractivity contribution < 1.29 is 8.42 Å². The molecule has 15 heavy (non-hydrogen) atoms. The Labute approximate surface area is 94.6 Å². The standard InChI is InChI=1S/C10H12ClNO2S/c11-9-1-3-10(4-2-9)12-5-7-15(13,14)8-6-12/h1-4H,5-8H2. The van der Waals surface area contributed by atoms with Crippen LogP contribution in [0, 0.1) is 0 Å². The lowest BCUT2D eigenvalue weighted by Gasteiger charge is -2.28. The molecule has 2 rings (SSSR count). The molecule has 0 radical (unpaired) electrons. The Balaban J connectivity index is 2.11. The van der Waals surface area contributed by atoms with Gasteiger partial charge in [0.05, 0.1) is 11.5 Å². The van der Waals surface area contributed by atoms with E-state index in [2.05, 4.69) is 4.90 Å². The normalized spacial score (nSPS) is 20.2. The third kappa shape index (κ3) is 2.63. The van der Waals surface area contributed by atoms with Crippen molar-refractivity contribution >= 4 is 27.1 Å². The van der Waals surface area contributed by atoms with Gasteiger partial charge in [-0.1, -0.05) is 11.6 Å². The van der Waals surface area contributed by atoms with Crippen molar-refractivity contribution in [2.75, 3.05) is 29.5 Å². The molecule has 0 aromatic heterocycles. The highest BCUT2D eigenvalue weighted by atomic mass is 35.5. The molecule has 1 heterocycles. The molecule has 0 bridgehead atoms. The van der Waals surface area contributed by atoms with E-state index in [0.29, 0.717) is 18.1 Å². The van der Waals surface area contributed by atoms with Crippen molar-refractivity contribution in [3.8, 4) is 0 Å². The molecule has 3 nitrogen and oxygen atoms in total. The second-order valence-electron chi connectivity index (χ2n) is 3.62. The summed E-state index contributed by atoms with van der Waals surface area (Å²) in [5.74, 6) is 0.491. The maximum absolute atomic E-state index is 11.2. The van der Waals surface area contributed by atoms with Crippen LogP contribution < -0.4 is 4.90 Å². The maximum atomic E-state index is 11.2. The highest BCUT2D eigenvalue weighted by Crippen LogP contribution is 2.19. The third-order valence-electron chi connectivity index (χ3n) is 2.54. The monoisotopic (exact) mass is 245 g/mol. The van der Waals surface area contributed by atoms with E-state index in [9.17, 15) is 8.42 Å². The summed E-state index contributed by atoms with van der Waals surface area (Å²) in [6.07, 6.45) is 0. The lowest BCUT2D eigenvalue weighted by atomic mass is 10.3. The van der Waals surface area contributed by atoms with E-state index < -0.39 is 9.84 Å². The van der Waals surface area contributed by atoms with Crippen LogP contribution in [0.1, 0.15) is 0 Å². The predicted molar refractivity (Wildman–Crippen MR) is 62.3 cm³/mol. The van der Waals surface area contributed by atoms with Crippen LogP contribution in [0.25, 0.3) is 0 Å². The summed E-state index contributed by atoms with van der Waals surface area (Å²) in [5.41, 5.74) is 1.04. The van der Waals surface area contributed by atoms with Gasteiger partial charge in [-0.3, -0.25) is 0 Å². The van der Waals surface area contributed by atoms with Gasteiger partial charge < -0.3 is 4.90 Å². The Morgan fingerprint density at radius 2 is 1.60 bits per heavy atom. The molecule has 82 valence electrons. The second-order valence-corrected chi connectivity index (χ2v) is 6.36. The fourth-order valence-electron chi connectivity index (χ4n) is 1.62. The summed E-state index contributed by atoms with van der Waals surface area (Å²) in [5, 5.41) is 0.698. The summed E-state index contributed by atoms with van der Waals surface area (Å²) < 4.78 is 22.5. The number of hydrogen-bond acceptors (Lipinski definition) is 3. The summed E-state index contributed by atoms with van der Waals surface area (Å²) >= 11 is 5.78. The Kier molecular flexibility index (Phi) is 2.89. The lowest BCUT2D eigenvalue weighted by Crippen LogP contribution is -2.40. The Morgan fingerprint density at radius 1 is 1.07 bits per heavy atom. The number of sulfone groups is 1. The van der Waals surface area contributed by atoms with Gasteiger partial charge in [-0.25, -0.2) is 8.42 Å². The topological polar surface area (TPSA) is 37.4 Å². The van der Waals surface area contributed by atoms with Gasteiger partial charge in [0.1, 0.15) is 0 Å². The molecule has 1 aromatic carbocycles. The average molecular weight is 246 g/mol. The van der Waals surface area contributed by atoms with Gasteiger partial charge in [0, 0.05) is 23.8 Å². The van der Waals surface area contributed by atoms with Crippen LogP contribution in [-0.2, 0) is 9.84 Å². The smallest absolute Gasteiger partial charge is 0.153 e. The number of nitrogens with zero attached hydrogens (tertiary/aromatic N) is 1. The van der Waals surface area contributed by atoms with E-state index in [1.807, 2.05) is 24.3 Å². The van der Waals surface area contributed by atoms with Crippen LogP contribution in [0.4, 0.5) is 5.69 Å². The number of halogens is 1. The molecule has 0 spiro atoms. The molecule has 0 N–H and O–H groups in total. The number of hydrogen-bond donors (Lipinski definition) is 0. The lowest BCUT2D eigenvalue weighted by molar-refractivity contribution is 0.587. The van der Waals surface area contributed by atoms with Crippen molar-refractivity contribution in [1.29, 1.82) is 0 Å². The highest BCUT2D eigenvalue weighted by Gasteiger charge is 2.21. The highest BCUT2D eigenvalue weighted by molar-refractivity contribution is 7.91. The van der Waals surface area contributed by atoms with Gasteiger partial charge in [0.15, 0.2) is 9.84 Å². The first kappa shape index (κ1) is 10.8. The van der Waals surface area contributed by atoms with Crippen molar-refractivity contribution in [1.82, 2.24) is 0 Å². The van der Waals surface area contributed by atoms with Crippen LogP contribution >= 0.6 is 11.6 Å². The fraction of sp³-hybridized carbons (Fsp3) is 0.400. The largest absolute Gasteiger partial charge is 0.369 e. The van der Waals surface area contributed by atoms with Gasteiger partial charge in [-0.2, -0.15) is 0 Å². The molecule has 1 fully saturated rings. The molecule has 1 aliphatic rings. The van der Waals surface area contributed by atoms with Crippen LogP contribution in [-0.4, -0.2) is 33.0 Å². The van der Waals surface area contributed by atoms with Crippen LogP contribution in [0.3, 0.4) is 0 Å². The Morgan fingerprint density at radius 3 is 2.13 bits per heavy atom. The van der Waals surface area contributed by atoms with Crippen LogP contribution in [0.5, 0.6) is 0 Å². The minimum Gasteiger partial charge on any atom is -0.369 e. The number of rotatable bonds is 1. The minimum absolute atomic E-state index is 0.246. The zero-order chi connectivity index (χ0) is 10.9. The molecule has 0 saturated carbocycles. The quantitative estimate of drug-likeness (QED) is 0.754. The minimum atomic E-state index is -2.80. The first-order valence-corrected chi connectivity index (χ1v) is 6.98. The average Bonchev–Trinajstić information content (AvgIpc) is 2.20. The molecule has 5 heteroatoms. The van der Waals surface area contributed by atoms with Crippen LogP contribution in [0.15, 0.2) is 24.3 Å². The van der Waals surface area contributed by atoms with E-state index in [4.69, 9.17) is 11.6 Å². The Bertz CT molecular complexity index is 427. The van der Waals surface area contributed by atoms with E-state index >= 15 is 0 Å². The summed E-state index contributed by atoms with van der Waals surface area (Å²) in [6, 6.07) is 7.47. The molecule has 1 aliphatic heterocycles. The summed E-state index contributed by atoms with van der Waals surface area (Å²) in [4.78, 5) is 2.07. The van der Waals surface area contributed by atoms with E-state index in [-0.39, 0.29) is 11.5 Å². The molecule has 0 aliphatic carbocycles. The molecule has 0 amide bonds. The van der Waals surface area contributed by atoms with Crippen molar-refractivity contribution in [2.45, 2.75) is 0 Å². The molecular formula is C10H12ClNO2S. The van der Waals surface area contributed by atoms with Gasteiger partial charge in [0.2, 0.25) is 0 Å². The zero-order valence-corrected chi connectivity index (χ0v) is 9.76. The van der Waals surface area contributed by atoms with E-state index in [1.165, 1.54) is 0 Å². The second kappa shape index (κ2) is 4.02. The van der Waals surface area contributed by atoms with Crippen molar-refractivity contribution in [3.05, 3.63) is 29.3 Å². The first-order chi connectivity index (χ1) is 7.07. The SMILES string of the molecule is O=S1(=O)CCN(c2ccc(Cl)cc2)CC1. The van der Waals surface area contributed by atoms with Gasteiger partial charge >= 0.3 is 0 Å². The zero-order valence-electron chi connectivity index (χ0n) is 8.19. The first-order valence-electron chi connectivity index (χ1n) is 4.78. The van der Waals surface area contributed by atoms with Gasteiger partial charge in [-0.05, 0) is 24.3 Å². The summed E-state index contributed by atoms with van der Waals surface area (Å²) in [6.45, 7) is 1.15. The van der Waals surface area contributed by atoms with Crippen LogP contribution in [0.2, 0.25) is 5.02 Å². The molecular weight excluding hydrogens is 234 g/mol. The fourth-order valence-corrected chi connectivity index (χ4v) is 2.95. The summed E-state index contributed by atoms with van der Waals surface area (Å²) in [7, 11) is -2.80. The van der Waals surface area contributed by atoms with Gasteiger partial charge in [-0.15, -0.1) is 0 Å². The van der Waals surface area contributed by atoms with E-state index in [0.717, 1.165) is 5.69 Å². The van der Waals surface area contributed by atoms with Crippen molar-refractivity contribution in [2.24, 2.45) is 0 Å². The molecule has 0 unspecified atom stereocenters. The number of benzene rings is 1. The molecule has 0 atom stereocenters. The Hall–Kier alpha value is -0.740. The number of anilines is 1. The molecule has 1 aromatic rings. The predicted octanol–water partition coefficient (Wildman–Crippen LogP) is 1.57. The van der Waals surface area contributed by atoms with Crippen molar-refractivity contribution in [3.63, 3.8) is 0 Å². The molecule has 1 saturated heterocycles.